The van der Waals surface area contributed by atoms with Gasteiger partial charge < -0.3 is 5.32 Å². The zero-order valence-corrected chi connectivity index (χ0v) is 11.4. The Hall–Kier alpha value is -1.49. The SMILES string of the molecule is CCCNCCNS(=O)(=O)c1ccc(F)c(C#N)c1. The molecule has 0 aliphatic rings. The van der Waals surface area contributed by atoms with E-state index in [4.69, 9.17) is 5.26 Å². The van der Waals surface area contributed by atoms with Crippen LogP contribution in [0.4, 0.5) is 4.39 Å². The van der Waals surface area contributed by atoms with Gasteiger partial charge in [0.15, 0.2) is 0 Å². The average Bonchev–Trinajstić information content (AvgIpc) is 2.38. The first-order valence-electron chi connectivity index (χ1n) is 5.91. The summed E-state index contributed by atoms with van der Waals surface area (Å²) in [6.07, 6.45) is 0.968. The van der Waals surface area contributed by atoms with Gasteiger partial charge in [-0.2, -0.15) is 5.26 Å². The minimum Gasteiger partial charge on any atom is -0.315 e. The molecule has 0 aliphatic heterocycles. The van der Waals surface area contributed by atoms with E-state index in [-0.39, 0.29) is 17.0 Å². The van der Waals surface area contributed by atoms with Crippen molar-refractivity contribution in [1.82, 2.24) is 10.0 Å². The molecule has 0 unspecified atom stereocenters. The molecular formula is C12H16FN3O2S. The van der Waals surface area contributed by atoms with Crippen LogP contribution < -0.4 is 10.0 Å². The number of nitrogens with zero attached hydrogens (tertiary/aromatic N) is 1. The summed E-state index contributed by atoms with van der Waals surface area (Å²) in [7, 11) is -3.70. The van der Waals surface area contributed by atoms with Crippen LogP contribution in [0.15, 0.2) is 23.1 Å². The quantitative estimate of drug-likeness (QED) is 0.732. The van der Waals surface area contributed by atoms with Gasteiger partial charge in [0.05, 0.1) is 10.5 Å². The van der Waals surface area contributed by atoms with Crippen molar-refractivity contribution in [3.63, 3.8) is 0 Å². The summed E-state index contributed by atoms with van der Waals surface area (Å²) in [5, 5.41) is 11.7. The zero-order chi connectivity index (χ0) is 14.3. The lowest BCUT2D eigenvalue weighted by atomic mass is 10.2. The van der Waals surface area contributed by atoms with Gasteiger partial charge in [-0.15, -0.1) is 0 Å². The Morgan fingerprint density at radius 2 is 2.05 bits per heavy atom. The molecule has 5 nitrogen and oxygen atoms in total. The normalized spacial score (nSPS) is 11.2. The van der Waals surface area contributed by atoms with Crippen LogP contribution in [0.1, 0.15) is 18.9 Å². The van der Waals surface area contributed by atoms with Gasteiger partial charge in [0.25, 0.3) is 0 Å². The van der Waals surface area contributed by atoms with Gasteiger partial charge in [0, 0.05) is 13.1 Å². The molecule has 0 atom stereocenters. The number of nitrogens with one attached hydrogen (secondary N) is 2. The fraction of sp³-hybridized carbons (Fsp3) is 0.417. The van der Waals surface area contributed by atoms with Gasteiger partial charge in [-0.05, 0) is 31.2 Å². The standard InChI is InChI=1S/C12H16FN3O2S/c1-2-5-15-6-7-16-19(17,18)11-3-4-12(13)10(8-11)9-14/h3-4,8,15-16H,2,5-7H2,1H3. The van der Waals surface area contributed by atoms with Crippen LogP contribution in [0.25, 0.3) is 0 Å². The molecular weight excluding hydrogens is 269 g/mol. The molecule has 0 radical (unpaired) electrons. The Balaban J connectivity index is 2.70. The number of nitriles is 1. The minimum atomic E-state index is -3.70. The first-order valence-corrected chi connectivity index (χ1v) is 7.39. The van der Waals surface area contributed by atoms with Gasteiger partial charge in [0.1, 0.15) is 11.9 Å². The number of sulfonamides is 1. The Kier molecular flexibility index (Phi) is 5.89. The van der Waals surface area contributed by atoms with Crippen molar-refractivity contribution in [1.29, 1.82) is 5.26 Å². The highest BCUT2D eigenvalue weighted by Crippen LogP contribution is 2.13. The highest BCUT2D eigenvalue weighted by atomic mass is 32.2. The van der Waals surface area contributed by atoms with Crippen LogP contribution in [-0.4, -0.2) is 28.1 Å². The third kappa shape index (κ3) is 4.59. The average molecular weight is 285 g/mol. The Labute approximate surface area is 112 Å². The van der Waals surface area contributed by atoms with E-state index in [0.717, 1.165) is 31.2 Å². The van der Waals surface area contributed by atoms with Crippen molar-refractivity contribution in [2.75, 3.05) is 19.6 Å². The second kappa shape index (κ2) is 7.19. The van der Waals surface area contributed by atoms with Crippen molar-refractivity contribution >= 4 is 10.0 Å². The number of halogens is 1. The van der Waals surface area contributed by atoms with E-state index in [2.05, 4.69) is 10.0 Å². The van der Waals surface area contributed by atoms with Crippen LogP contribution in [0.5, 0.6) is 0 Å². The van der Waals surface area contributed by atoms with E-state index < -0.39 is 15.8 Å². The summed E-state index contributed by atoms with van der Waals surface area (Å²) in [5.41, 5.74) is -0.285. The molecule has 1 aromatic carbocycles. The highest BCUT2D eigenvalue weighted by molar-refractivity contribution is 7.89. The number of hydrogen-bond acceptors (Lipinski definition) is 4. The second-order valence-corrected chi connectivity index (χ2v) is 5.67. The van der Waals surface area contributed by atoms with Gasteiger partial charge in [-0.1, -0.05) is 6.92 Å². The predicted octanol–water partition coefficient (Wildman–Crippen LogP) is 0.975. The maximum atomic E-state index is 13.1. The Morgan fingerprint density at radius 1 is 1.32 bits per heavy atom. The molecule has 0 aromatic heterocycles. The van der Waals surface area contributed by atoms with Crippen LogP contribution in [0, 0.1) is 17.1 Å². The summed E-state index contributed by atoms with van der Waals surface area (Å²) in [6, 6.07) is 4.75. The highest BCUT2D eigenvalue weighted by Gasteiger charge is 2.15. The summed E-state index contributed by atoms with van der Waals surface area (Å²) < 4.78 is 39.2. The van der Waals surface area contributed by atoms with Crippen molar-refractivity contribution in [3.8, 4) is 6.07 Å². The van der Waals surface area contributed by atoms with Crippen LogP contribution >= 0.6 is 0 Å². The molecule has 0 heterocycles. The maximum absolute atomic E-state index is 13.1. The Bertz CT molecular complexity index is 567. The van der Waals surface area contributed by atoms with E-state index in [9.17, 15) is 12.8 Å². The molecule has 0 aliphatic carbocycles. The zero-order valence-electron chi connectivity index (χ0n) is 10.6. The monoisotopic (exact) mass is 285 g/mol. The van der Waals surface area contributed by atoms with Crippen molar-refractivity contribution < 1.29 is 12.8 Å². The molecule has 7 heteroatoms. The fourth-order valence-corrected chi connectivity index (χ4v) is 2.47. The molecule has 2 N–H and O–H groups in total. The Morgan fingerprint density at radius 3 is 2.68 bits per heavy atom. The lowest BCUT2D eigenvalue weighted by Crippen LogP contribution is -2.32. The third-order valence-electron chi connectivity index (χ3n) is 2.39. The van der Waals surface area contributed by atoms with E-state index >= 15 is 0 Å². The number of hydrogen-bond donors (Lipinski definition) is 2. The van der Waals surface area contributed by atoms with E-state index in [1.807, 2.05) is 6.92 Å². The van der Waals surface area contributed by atoms with Crippen LogP contribution in [0.3, 0.4) is 0 Å². The van der Waals surface area contributed by atoms with Crippen LogP contribution in [-0.2, 0) is 10.0 Å². The third-order valence-corrected chi connectivity index (χ3v) is 3.85. The topological polar surface area (TPSA) is 82.0 Å². The molecule has 19 heavy (non-hydrogen) atoms. The van der Waals surface area contributed by atoms with Gasteiger partial charge >= 0.3 is 0 Å². The molecule has 1 aromatic rings. The fourth-order valence-electron chi connectivity index (χ4n) is 1.42. The first kappa shape index (κ1) is 15.6. The number of benzene rings is 1. The van der Waals surface area contributed by atoms with Crippen molar-refractivity contribution in [3.05, 3.63) is 29.6 Å². The first-order chi connectivity index (χ1) is 9.01. The maximum Gasteiger partial charge on any atom is 0.240 e. The molecule has 0 bridgehead atoms. The number of rotatable bonds is 7. The lowest BCUT2D eigenvalue weighted by molar-refractivity contribution is 0.574. The van der Waals surface area contributed by atoms with E-state index in [1.54, 1.807) is 6.07 Å². The summed E-state index contributed by atoms with van der Waals surface area (Å²) in [5.74, 6) is -0.730. The van der Waals surface area contributed by atoms with E-state index in [0.29, 0.717) is 6.54 Å². The van der Waals surface area contributed by atoms with Gasteiger partial charge in [0.2, 0.25) is 10.0 Å². The smallest absolute Gasteiger partial charge is 0.240 e. The van der Waals surface area contributed by atoms with Gasteiger partial charge in [-0.25, -0.2) is 17.5 Å². The van der Waals surface area contributed by atoms with Crippen molar-refractivity contribution in [2.45, 2.75) is 18.2 Å². The molecule has 0 fully saturated rings. The lowest BCUT2D eigenvalue weighted by Gasteiger charge is -2.07. The minimum absolute atomic E-state index is 0.110. The summed E-state index contributed by atoms with van der Waals surface area (Å²) in [6.45, 7) is 3.58. The molecule has 0 amide bonds. The van der Waals surface area contributed by atoms with Gasteiger partial charge in [-0.3, -0.25) is 0 Å². The molecule has 0 spiro atoms. The van der Waals surface area contributed by atoms with E-state index in [1.165, 1.54) is 0 Å². The largest absolute Gasteiger partial charge is 0.315 e. The van der Waals surface area contributed by atoms with Crippen molar-refractivity contribution in [2.24, 2.45) is 0 Å². The van der Waals surface area contributed by atoms with Crippen LogP contribution in [0.2, 0.25) is 0 Å². The second-order valence-electron chi connectivity index (χ2n) is 3.90. The molecule has 1 rings (SSSR count). The summed E-state index contributed by atoms with van der Waals surface area (Å²) in [4.78, 5) is -0.110. The summed E-state index contributed by atoms with van der Waals surface area (Å²) >= 11 is 0. The molecule has 0 saturated heterocycles. The predicted molar refractivity (Wildman–Crippen MR) is 69.5 cm³/mol. The molecule has 0 saturated carbocycles. The molecule has 104 valence electrons.